The SMILES string of the molecule is Cc1ccc2[nH]ncc2c1-c1cc2c3c(ncnc3c1)N1CCNC[C@H]1CO2. The van der Waals surface area contributed by atoms with Gasteiger partial charge in [-0.15, -0.1) is 0 Å². The lowest BCUT2D eigenvalue weighted by Crippen LogP contribution is -2.53. The zero-order valence-corrected chi connectivity index (χ0v) is 15.6. The lowest BCUT2D eigenvalue weighted by molar-refractivity contribution is 0.274. The maximum Gasteiger partial charge on any atom is 0.144 e. The Bertz CT molecular complexity index is 1220. The highest BCUT2D eigenvalue weighted by Gasteiger charge is 2.30. The van der Waals surface area contributed by atoms with Crippen molar-refractivity contribution in [3.63, 3.8) is 0 Å². The zero-order valence-electron chi connectivity index (χ0n) is 15.6. The molecule has 4 aromatic rings. The zero-order chi connectivity index (χ0) is 18.7. The van der Waals surface area contributed by atoms with Crippen LogP contribution in [-0.2, 0) is 0 Å². The Kier molecular flexibility index (Phi) is 3.34. The standard InChI is InChI=1S/C21H20N6O/c1-12-2-3-16-15(9-25-26-16)19(12)13-6-17-20-18(7-13)28-10-14-8-22-4-5-27(14)21(20)24-11-23-17/h2-3,6-7,9,11,14,22H,4-5,8,10H2,1H3,(H,25,26)/t14-/m0/s1. The number of fused-ring (bicyclic) bond motifs is 3. The molecule has 0 radical (unpaired) electrons. The second-order valence-electron chi connectivity index (χ2n) is 7.52. The summed E-state index contributed by atoms with van der Waals surface area (Å²) in [6.45, 7) is 5.55. The normalized spacial score (nSPS) is 18.8. The maximum absolute atomic E-state index is 6.30. The van der Waals surface area contributed by atoms with Crippen molar-refractivity contribution in [3.05, 3.63) is 42.4 Å². The molecule has 2 aromatic carbocycles. The number of nitrogens with zero attached hydrogens (tertiary/aromatic N) is 4. The van der Waals surface area contributed by atoms with Crippen molar-refractivity contribution in [2.75, 3.05) is 31.1 Å². The van der Waals surface area contributed by atoms with E-state index in [0.717, 1.165) is 64.1 Å². The molecule has 2 aliphatic heterocycles. The van der Waals surface area contributed by atoms with Crippen LogP contribution >= 0.6 is 0 Å². The third-order valence-corrected chi connectivity index (χ3v) is 5.86. The van der Waals surface area contributed by atoms with E-state index in [1.54, 1.807) is 6.33 Å². The number of hydrogen-bond donors (Lipinski definition) is 2. The fourth-order valence-corrected chi connectivity index (χ4v) is 4.50. The number of rotatable bonds is 1. The van der Waals surface area contributed by atoms with E-state index < -0.39 is 0 Å². The van der Waals surface area contributed by atoms with Gasteiger partial charge in [-0.2, -0.15) is 5.10 Å². The van der Waals surface area contributed by atoms with E-state index in [4.69, 9.17) is 4.74 Å². The van der Waals surface area contributed by atoms with Gasteiger partial charge >= 0.3 is 0 Å². The predicted molar refractivity (Wildman–Crippen MR) is 109 cm³/mol. The highest BCUT2D eigenvalue weighted by Crippen LogP contribution is 2.41. The van der Waals surface area contributed by atoms with Crippen molar-refractivity contribution in [3.8, 4) is 16.9 Å². The molecule has 0 saturated carbocycles. The molecule has 0 amide bonds. The van der Waals surface area contributed by atoms with Crippen LogP contribution in [0.1, 0.15) is 5.56 Å². The number of H-pyrrole nitrogens is 1. The van der Waals surface area contributed by atoms with Crippen LogP contribution < -0.4 is 15.0 Å². The number of aromatic amines is 1. The van der Waals surface area contributed by atoms with Crippen LogP contribution in [0.3, 0.4) is 0 Å². The molecule has 7 nitrogen and oxygen atoms in total. The molecule has 1 saturated heterocycles. The Hall–Kier alpha value is -3.19. The monoisotopic (exact) mass is 372 g/mol. The van der Waals surface area contributed by atoms with Gasteiger partial charge in [0, 0.05) is 25.0 Å². The molecule has 2 aliphatic rings. The van der Waals surface area contributed by atoms with Gasteiger partial charge in [0.2, 0.25) is 0 Å². The first-order valence-electron chi connectivity index (χ1n) is 9.61. The average molecular weight is 372 g/mol. The summed E-state index contributed by atoms with van der Waals surface area (Å²) in [5, 5.41) is 12.9. The Balaban J connectivity index is 1.61. The Labute approximate surface area is 161 Å². The van der Waals surface area contributed by atoms with Gasteiger partial charge in [-0.3, -0.25) is 5.10 Å². The van der Waals surface area contributed by atoms with E-state index in [1.807, 2.05) is 6.20 Å². The highest BCUT2D eigenvalue weighted by molar-refractivity contribution is 6.02. The van der Waals surface area contributed by atoms with Gasteiger partial charge in [0.1, 0.15) is 24.5 Å². The van der Waals surface area contributed by atoms with Crippen LogP contribution in [0.2, 0.25) is 0 Å². The van der Waals surface area contributed by atoms with Crippen molar-refractivity contribution >= 4 is 27.6 Å². The third-order valence-electron chi connectivity index (χ3n) is 5.86. The molecule has 2 aromatic heterocycles. The number of ether oxygens (including phenoxy) is 1. The van der Waals surface area contributed by atoms with Gasteiger partial charge in [-0.1, -0.05) is 6.07 Å². The van der Waals surface area contributed by atoms with Crippen molar-refractivity contribution in [1.82, 2.24) is 25.5 Å². The predicted octanol–water partition coefficient (Wildman–Crippen LogP) is 2.65. The minimum atomic E-state index is 0.279. The minimum absolute atomic E-state index is 0.279. The number of piperazine rings is 1. The first kappa shape index (κ1) is 15.8. The second-order valence-corrected chi connectivity index (χ2v) is 7.52. The second kappa shape index (κ2) is 5.90. The van der Waals surface area contributed by atoms with E-state index in [9.17, 15) is 0 Å². The van der Waals surface area contributed by atoms with Crippen molar-refractivity contribution in [1.29, 1.82) is 0 Å². The third kappa shape index (κ3) is 2.23. The quantitative estimate of drug-likeness (QED) is 0.535. The maximum atomic E-state index is 6.30. The molecule has 140 valence electrons. The molecular formula is C21H20N6O. The number of aromatic nitrogens is 4. The van der Waals surface area contributed by atoms with Crippen LogP contribution in [0.4, 0.5) is 5.82 Å². The smallest absolute Gasteiger partial charge is 0.144 e. The van der Waals surface area contributed by atoms with Gasteiger partial charge in [0.05, 0.1) is 28.7 Å². The molecule has 4 heterocycles. The van der Waals surface area contributed by atoms with Crippen LogP contribution in [0.5, 0.6) is 5.75 Å². The first-order chi connectivity index (χ1) is 13.8. The number of nitrogens with one attached hydrogen (secondary N) is 2. The molecule has 6 rings (SSSR count). The van der Waals surface area contributed by atoms with Gasteiger partial charge < -0.3 is 15.0 Å². The molecule has 0 unspecified atom stereocenters. The van der Waals surface area contributed by atoms with E-state index >= 15 is 0 Å². The van der Waals surface area contributed by atoms with Crippen molar-refractivity contribution in [2.24, 2.45) is 0 Å². The van der Waals surface area contributed by atoms with Gasteiger partial charge in [0.15, 0.2) is 0 Å². The van der Waals surface area contributed by atoms with Gasteiger partial charge in [0.25, 0.3) is 0 Å². The van der Waals surface area contributed by atoms with E-state index in [-0.39, 0.29) is 6.04 Å². The van der Waals surface area contributed by atoms with Crippen LogP contribution in [-0.4, -0.2) is 52.4 Å². The largest absolute Gasteiger partial charge is 0.491 e. The average Bonchev–Trinajstić information content (AvgIpc) is 3.13. The lowest BCUT2D eigenvalue weighted by atomic mass is 9.95. The van der Waals surface area contributed by atoms with Crippen LogP contribution in [0, 0.1) is 6.92 Å². The van der Waals surface area contributed by atoms with E-state index in [2.05, 4.69) is 61.6 Å². The number of anilines is 1. The Morgan fingerprint density at radius 1 is 1.21 bits per heavy atom. The molecular weight excluding hydrogens is 352 g/mol. The Morgan fingerprint density at radius 3 is 3.14 bits per heavy atom. The molecule has 0 bridgehead atoms. The molecule has 0 aliphatic carbocycles. The summed E-state index contributed by atoms with van der Waals surface area (Å²) in [4.78, 5) is 11.6. The summed E-state index contributed by atoms with van der Waals surface area (Å²) < 4.78 is 6.30. The molecule has 1 fully saturated rings. The molecule has 28 heavy (non-hydrogen) atoms. The summed E-state index contributed by atoms with van der Waals surface area (Å²) in [6, 6.07) is 8.75. The molecule has 2 N–H and O–H groups in total. The molecule has 0 spiro atoms. The summed E-state index contributed by atoms with van der Waals surface area (Å²) in [5.41, 5.74) is 5.40. The van der Waals surface area contributed by atoms with E-state index in [1.165, 1.54) is 5.56 Å². The number of benzene rings is 2. The van der Waals surface area contributed by atoms with Crippen molar-refractivity contribution < 1.29 is 4.74 Å². The van der Waals surface area contributed by atoms with Crippen molar-refractivity contribution in [2.45, 2.75) is 13.0 Å². The van der Waals surface area contributed by atoms with Gasteiger partial charge in [-0.25, -0.2) is 9.97 Å². The molecule has 7 heteroatoms. The van der Waals surface area contributed by atoms with Gasteiger partial charge in [-0.05, 0) is 41.8 Å². The summed E-state index contributed by atoms with van der Waals surface area (Å²) >= 11 is 0. The van der Waals surface area contributed by atoms with Crippen LogP contribution in [0.25, 0.3) is 32.9 Å². The highest BCUT2D eigenvalue weighted by atomic mass is 16.5. The lowest BCUT2D eigenvalue weighted by Gasteiger charge is -2.35. The molecule has 1 atom stereocenters. The first-order valence-corrected chi connectivity index (χ1v) is 9.61. The number of hydrogen-bond acceptors (Lipinski definition) is 6. The fourth-order valence-electron chi connectivity index (χ4n) is 4.50. The topological polar surface area (TPSA) is 79.0 Å². The van der Waals surface area contributed by atoms with E-state index in [0.29, 0.717) is 6.61 Å². The fraction of sp³-hybridized carbons (Fsp3) is 0.286. The number of aryl methyl sites for hydroxylation is 1. The van der Waals surface area contributed by atoms with Crippen LogP contribution in [0.15, 0.2) is 36.8 Å². The Morgan fingerprint density at radius 2 is 2.18 bits per heavy atom. The summed E-state index contributed by atoms with van der Waals surface area (Å²) in [7, 11) is 0. The minimum Gasteiger partial charge on any atom is -0.491 e. The summed E-state index contributed by atoms with van der Waals surface area (Å²) in [6.07, 6.45) is 3.55. The summed E-state index contributed by atoms with van der Waals surface area (Å²) in [5.74, 6) is 1.84.